The minimum atomic E-state index is -0.836. The molecule has 0 bridgehead atoms. The normalized spacial score (nSPS) is 16.4. The number of fused-ring (bicyclic) bond motifs is 2. The van der Waals surface area contributed by atoms with Gasteiger partial charge in [-0.1, -0.05) is 83.8 Å². The van der Waals surface area contributed by atoms with Gasteiger partial charge in [-0.2, -0.15) is 4.57 Å². The molecule has 0 radical (unpaired) electrons. The molecular weight excluding hydrogens is 629 g/mol. The number of hydrogen-bond donors (Lipinski definition) is 2. The number of benzene rings is 3. The van der Waals surface area contributed by atoms with Gasteiger partial charge in [0.2, 0.25) is 5.52 Å². The summed E-state index contributed by atoms with van der Waals surface area (Å²) in [5, 5.41) is 20.8. The number of aliphatic carboxylic acids is 2. The van der Waals surface area contributed by atoms with Crippen molar-refractivity contribution in [3.8, 4) is 0 Å². The molecule has 0 unspecified atom stereocenters. The minimum Gasteiger partial charge on any atom is -0.481 e. The summed E-state index contributed by atoms with van der Waals surface area (Å²) >= 11 is 7.25. The molecule has 2 aliphatic rings. The average Bonchev–Trinajstić information content (AvgIpc) is 3.76. The Kier molecular flexibility index (Phi) is 9.81. The summed E-state index contributed by atoms with van der Waals surface area (Å²) in [4.78, 5) is 26.2. The summed E-state index contributed by atoms with van der Waals surface area (Å²) in [5.74, 6) is 0.707. The first-order valence-electron chi connectivity index (χ1n) is 14.3. The first kappa shape index (κ1) is 30.6. The van der Waals surface area contributed by atoms with Crippen molar-refractivity contribution in [3.63, 3.8) is 0 Å². The fourth-order valence-corrected chi connectivity index (χ4v) is 10.3. The highest BCUT2D eigenvalue weighted by Gasteiger charge is 2.26. The zero-order chi connectivity index (χ0) is 30.5. The van der Waals surface area contributed by atoms with Crippen molar-refractivity contribution in [2.45, 2.75) is 28.9 Å². The first-order valence-corrected chi connectivity index (χ1v) is 18.0. The molecule has 1 aromatic heterocycles. The van der Waals surface area contributed by atoms with E-state index in [1.165, 1.54) is 17.1 Å². The quantitative estimate of drug-likeness (QED) is 0.123. The predicted molar refractivity (Wildman–Crippen MR) is 185 cm³/mol. The van der Waals surface area contributed by atoms with Gasteiger partial charge in [0.05, 0.1) is 21.7 Å². The van der Waals surface area contributed by atoms with E-state index in [1.54, 1.807) is 23.1 Å². The van der Waals surface area contributed by atoms with E-state index in [2.05, 4.69) is 70.2 Å². The van der Waals surface area contributed by atoms with Crippen LogP contribution in [0.1, 0.15) is 33.6 Å². The van der Waals surface area contributed by atoms with E-state index < -0.39 is 11.9 Å². The van der Waals surface area contributed by atoms with Gasteiger partial charge < -0.3 is 15.1 Å². The Bertz CT molecular complexity index is 1770. The van der Waals surface area contributed by atoms with Gasteiger partial charge >= 0.3 is 11.9 Å². The number of thiazole rings is 1. The summed E-state index contributed by atoms with van der Waals surface area (Å²) in [6.07, 6.45) is 8.45. The third-order valence-corrected chi connectivity index (χ3v) is 12.6. The SMILES string of the molecule is O=C(O)CCN1/C(=C/C(=C\c2sc3ccccc3[n+]2CCC(=O)O)/C=C/c2ccc(C3SCCS3)cc2)Sc2ccccc21. The molecule has 44 heavy (non-hydrogen) atoms. The lowest BCUT2D eigenvalue weighted by atomic mass is 10.1. The van der Waals surface area contributed by atoms with E-state index in [1.807, 2.05) is 59.9 Å². The molecule has 2 aliphatic heterocycles. The Morgan fingerprint density at radius 3 is 2.41 bits per heavy atom. The Morgan fingerprint density at radius 1 is 0.909 bits per heavy atom. The molecule has 0 atom stereocenters. The molecule has 3 heterocycles. The van der Waals surface area contributed by atoms with Gasteiger partial charge in [-0.25, -0.2) is 0 Å². The third kappa shape index (κ3) is 7.26. The van der Waals surface area contributed by atoms with E-state index in [-0.39, 0.29) is 12.8 Å². The van der Waals surface area contributed by atoms with Crippen LogP contribution in [0.15, 0.2) is 100 Å². The number of allylic oxidation sites excluding steroid dienone is 3. The highest BCUT2D eigenvalue weighted by atomic mass is 32.2. The van der Waals surface area contributed by atoms with Gasteiger partial charge in [0, 0.05) is 35.1 Å². The Morgan fingerprint density at radius 2 is 1.64 bits per heavy atom. The van der Waals surface area contributed by atoms with Crippen molar-refractivity contribution in [3.05, 3.63) is 112 Å². The second kappa shape index (κ2) is 14.1. The molecule has 1 fully saturated rings. The number of anilines is 1. The lowest BCUT2D eigenvalue weighted by Crippen LogP contribution is -2.36. The minimum absolute atomic E-state index is 0.0243. The van der Waals surface area contributed by atoms with Crippen molar-refractivity contribution >= 4 is 86.6 Å². The van der Waals surface area contributed by atoms with Gasteiger partial charge in [0.25, 0.3) is 5.01 Å². The van der Waals surface area contributed by atoms with Crippen molar-refractivity contribution in [2.75, 3.05) is 23.0 Å². The maximum absolute atomic E-state index is 11.5. The number of carboxylic acid groups (broad SMARTS) is 2. The molecule has 4 aromatic rings. The number of nitrogens with zero attached hydrogens (tertiary/aromatic N) is 2. The number of para-hydroxylation sites is 2. The Hall–Kier alpha value is -3.44. The smallest absolute Gasteiger partial charge is 0.309 e. The standard InChI is InChI=1S/C34H30N2O4S4/c37-32(38)15-17-35-26-5-1-3-7-28(26)43-30(35)21-24(10-9-23-11-13-25(14-12-23)34-41-19-20-42-34)22-31-36(18-16-33(39)40)27-6-2-4-8-29(27)44-31/h1-14,21-22,34H,15-20H2,(H-,37,38,39,40)/p+1/b10-9+. The van der Waals surface area contributed by atoms with E-state index in [0.29, 0.717) is 17.7 Å². The molecule has 0 spiro atoms. The largest absolute Gasteiger partial charge is 0.481 e. The van der Waals surface area contributed by atoms with Crippen LogP contribution in [0.4, 0.5) is 5.69 Å². The third-order valence-electron chi connectivity index (χ3n) is 7.25. The van der Waals surface area contributed by atoms with Crippen molar-refractivity contribution in [1.29, 1.82) is 0 Å². The van der Waals surface area contributed by atoms with Crippen LogP contribution >= 0.6 is 46.6 Å². The lowest BCUT2D eigenvalue weighted by molar-refractivity contribution is -0.667. The predicted octanol–water partition coefficient (Wildman–Crippen LogP) is 8.17. The van der Waals surface area contributed by atoms with Gasteiger partial charge in [-0.15, -0.1) is 23.5 Å². The van der Waals surface area contributed by atoms with Crippen molar-refractivity contribution in [1.82, 2.24) is 0 Å². The molecule has 6 rings (SSSR count). The van der Waals surface area contributed by atoms with E-state index in [0.717, 1.165) is 42.0 Å². The van der Waals surface area contributed by atoms with Crippen molar-refractivity contribution in [2.24, 2.45) is 0 Å². The number of aryl methyl sites for hydroxylation is 1. The summed E-state index contributed by atoms with van der Waals surface area (Å²) in [7, 11) is 0. The molecule has 1 saturated heterocycles. The molecule has 2 N–H and O–H groups in total. The summed E-state index contributed by atoms with van der Waals surface area (Å²) in [6.45, 7) is 0.727. The Balaban J connectivity index is 1.40. The van der Waals surface area contributed by atoms with Crippen molar-refractivity contribution < 1.29 is 24.4 Å². The summed E-state index contributed by atoms with van der Waals surface area (Å²) < 4.78 is 3.66. The fourth-order valence-electron chi connectivity index (χ4n) is 5.13. The molecular formula is C34H31N2O4S4+. The van der Waals surface area contributed by atoms with E-state index in [9.17, 15) is 19.8 Å². The zero-order valence-electron chi connectivity index (χ0n) is 23.8. The number of rotatable bonds is 11. The molecule has 3 aromatic carbocycles. The molecule has 0 aliphatic carbocycles. The maximum Gasteiger partial charge on any atom is 0.309 e. The van der Waals surface area contributed by atoms with Crippen LogP contribution in [0.2, 0.25) is 0 Å². The topological polar surface area (TPSA) is 81.7 Å². The van der Waals surface area contributed by atoms with Crippen LogP contribution in [-0.4, -0.2) is 40.2 Å². The van der Waals surface area contributed by atoms with Crippen LogP contribution in [0, 0.1) is 0 Å². The Labute approximate surface area is 273 Å². The van der Waals surface area contributed by atoms with Crippen LogP contribution in [0.25, 0.3) is 22.4 Å². The van der Waals surface area contributed by atoms with Crippen LogP contribution in [-0.2, 0) is 16.1 Å². The summed E-state index contributed by atoms with van der Waals surface area (Å²) in [5.41, 5.74) is 5.37. The lowest BCUT2D eigenvalue weighted by Gasteiger charge is -2.19. The zero-order valence-corrected chi connectivity index (χ0v) is 27.1. The second-order valence-corrected chi connectivity index (χ2v) is 15.1. The molecule has 10 heteroatoms. The maximum atomic E-state index is 11.5. The fraction of sp³-hybridized carbons (Fsp3) is 0.206. The molecule has 6 nitrogen and oxygen atoms in total. The molecule has 224 valence electrons. The van der Waals surface area contributed by atoms with Gasteiger partial charge in [-0.05, 0) is 41.0 Å². The van der Waals surface area contributed by atoms with Crippen LogP contribution in [0.5, 0.6) is 0 Å². The van der Waals surface area contributed by atoms with Gasteiger partial charge in [0.15, 0.2) is 6.54 Å². The number of carboxylic acids is 2. The number of hydrogen-bond acceptors (Lipinski definition) is 7. The summed E-state index contributed by atoms with van der Waals surface area (Å²) in [6, 6.07) is 24.8. The van der Waals surface area contributed by atoms with Gasteiger partial charge in [-0.3, -0.25) is 9.59 Å². The monoisotopic (exact) mass is 659 g/mol. The number of carbonyl (C=O) groups is 2. The van der Waals surface area contributed by atoms with Crippen LogP contribution in [0.3, 0.4) is 0 Å². The second-order valence-electron chi connectivity index (χ2n) is 10.3. The highest BCUT2D eigenvalue weighted by Crippen LogP contribution is 2.47. The number of thioether (sulfide) groups is 3. The highest BCUT2D eigenvalue weighted by molar-refractivity contribution is 8.19. The number of aromatic nitrogens is 1. The van der Waals surface area contributed by atoms with Gasteiger partial charge in [0.1, 0.15) is 11.1 Å². The van der Waals surface area contributed by atoms with E-state index in [4.69, 9.17) is 0 Å². The van der Waals surface area contributed by atoms with E-state index >= 15 is 0 Å². The van der Waals surface area contributed by atoms with Crippen LogP contribution < -0.4 is 9.47 Å². The molecule has 0 amide bonds. The molecule has 0 saturated carbocycles. The first-order chi connectivity index (χ1) is 21.4. The average molecular weight is 660 g/mol.